The van der Waals surface area contributed by atoms with E-state index in [1.807, 2.05) is 12.1 Å². The molecule has 1 amide bonds. The van der Waals surface area contributed by atoms with E-state index in [1.54, 1.807) is 25.1 Å². The second-order valence-corrected chi connectivity index (χ2v) is 6.99. The van der Waals surface area contributed by atoms with Crippen LogP contribution < -0.4 is 10.9 Å². The highest BCUT2D eigenvalue weighted by Gasteiger charge is 2.27. The van der Waals surface area contributed by atoms with Gasteiger partial charge in [-0.3, -0.25) is 14.0 Å². The van der Waals surface area contributed by atoms with Crippen LogP contribution in [0.5, 0.6) is 0 Å². The molecule has 3 aromatic rings. The van der Waals surface area contributed by atoms with Crippen LogP contribution in [-0.4, -0.2) is 22.3 Å². The Hall–Kier alpha value is -3.02. The third-order valence-corrected chi connectivity index (χ3v) is 5.02. The molecule has 6 heteroatoms. The van der Waals surface area contributed by atoms with Crippen LogP contribution in [0.2, 0.25) is 0 Å². The number of aromatic nitrogens is 2. The first-order chi connectivity index (χ1) is 13.0. The number of hydrogen-bond donors (Lipinski definition) is 1. The highest BCUT2D eigenvalue weighted by atomic mass is 19.1. The second kappa shape index (κ2) is 6.61. The molecule has 1 aliphatic rings. The average molecular weight is 365 g/mol. The van der Waals surface area contributed by atoms with Gasteiger partial charge in [0.2, 0.25) is 0 Å². The molecule has 0 radical (unpaired) electrons. The molecule has 27 heavy (non-hydrogen) atoms. The third-order valence-electron chi connectivity index (χ3n) is 5.02. The van der Waals surface area contributed by atoms with Crippen molar-refractivity contribution >= 4 is 11.6 Å². The van der Waals surface area contributed by atoms with Crippen molar-refractivity contribution in [1.82, 2.24) is 14.7 Å². The van der Waals surface area contributed by atoms with Gasteiger partial charge >= 0.3 is 0 Å². The van der Waals surface area contributed by atoms with Crippen molar-refractivity contribution in [2.24, 2.45) is 0 Å². The lowest BCUT2D eigenvalue weighted by atomic mass is 10.0. The van der Waals surface area contributed by atoms with E-state index >= 15 is 0 Å². The number of carbonyl (C=O) groups is 1. The summed E-state index contributed by atoms with van der Waals surface area (Å²) in [7, 11) is 1.52. The highest BCUT2D eigenvalue weighted by molar-refractivity contribution is 5.94. The molecule has 1 N–H and O–H groups in total. The second-order valence-electron chi connectivity index (χ2n) is 6.99. The molecule has 1 aromatic carbocycles. The number of benzene rings is 1. The summed E-state index contributed by atoms with van der Waals surface area (Å²) in [5, 5.41) is 2.55. The van der Waals surface area contributed by atoms with Crippen LogP contribution in [0.25, 0.3) is 5.65 Å². The van der Waals surface area contributed by atoms with E-state index in [9.17, 15) is 14.0 Å². The van der Waals surface area contributed by atoms with Gasteiger partial charge in [-0.05, 0) is 48.4 Å². The van der Waals surface area contributed by atoms with E-state index < -0.39 is 0 Å². The first kappa shape index (κ1) is 17.4. The van der Waals surface area contributed by atoms with Crippen LogP contribution >= 0.6 is 0 Å². The zero-order chi connectivity index (χ0) is 19.1. The molecule has 0 aliphatic heterocycles. The van der Waals surface area contributed by atoms with Gasteiger partial charge in [0.05, 0.1) is 5.69 Å². The van der Waals surface area contributed by atoms with Gasteiger partial charge in [-0.2, -0.15) is 0 Å². The lowest BCUT2D eigenvalue weighted by Gasteiger charge is -2.12. The topological polar surface area (TPSA) is 63.5 Å². The minimum Gasteiger partial charge on any atom is -0.354 e. The molecule has 1 aliphatic carbocycles. The van der Waals surface area contributed by atoms with Crippen molar-refractivity contribution in [3.63, 3.8) is 0 Å². The number of amides is 1. The maximum Gasteiger partial charge on any atom is 0.268 e. The van der Waals surface area contributed by atoms with Crippen molar-refractivity contribution in [2.45, 2.75) is 32.1 Å². The van der Waals surface area contributed by atoms with Gasteiger partial charge in [0, 0.05) is 19.5 Å². The molecule has 0 saturated heterocycles. The highest BCUT2D eigenvalue weighted by Crippen LogP contribution is 2.41. The van der Waals surface area contributed by atoms with Crippen LogP contribution in [0.15, 0.2) is 41.2 Å². The van der Waals surface area contributed by atoms with Crippen LogP contribution in [0.3, 0.4) is 0 Å². The molecule has 0 atom stereocenters. The van der Waals surface area contributed by atoms with Crippen molar-refractivity contribution < 1.29 is 9.18 Å². The summed E-state index contributed by atoms with van der Waals surface area (Å²) in [4.78, 5) is 29.4. The van der Waals surface area contributed by atoms with Crippen molar-refractivity contribution in [2.75, 3.05) is 7.05 Å². The monoisotopic (exact) mass is 365 g/mol. The molecule has 4 rings (SSSR count). The number of hydrogen-bond acceptors (Lipinski definition) is 3. The van der Waals surface area contributed by atoms with Gasteiger partial charge in [0.25, 0.3) is 11.5 Å². The number of rotatable bonds is 4. The number of nitrogens with zero attached hydrogens (tertiary/aromatic N) is 2. The Balaban J connectivity index is 1.79. The summed E-state index contributed by atoms with van der Waals surface area (Å²) < 4.78 is 16.1. The number of halogens is 1. The first-order valence-corrected chi connectivity index (χ1v) is 9.01. The van der Waals surface area contributed by atoms with Crippen LogP contribution in [0.4, 0.5) is 4.39 Å². The average Bonchev–Trinajstić information content (AvgIpc) is 3.48. The number of pyridine rings is 1. The molecule has 2 aromatic heterocycles. The summed E-state index contributed by atoms with van der Waals surface area (Å²) in [6.45, 7) is 1.77. The molecule has 2 heterocycles. The Morgan fingerprint density at radius 2 is 2.07 bits per heavy atom. The SMILES string of the molecule is CNC(=O)c1c(C)ccc2nc(Cc3cccc(C4CC4)c3F)cc(=O)n12. The Morgan fingerprint density at radius 3 is 2.78 bits per heavy atom. The Kier molecular flexibility index (Phi) is 4.26. The number of carbonyl (C=O) groups excluding carboxylic acids is 1. The van der Waals surface area contributed by atoms with Gasteiger partial charge in [-0.25, -0.2) is 9.37 Å². The van der Waals surface area contributed by atoms with Crippen molar-refractivity contribution in [3.05, 3.63) is 80.6 Å². The summed E-state index contributed by atoms with van der Waals surface area (Å²) >= 11 is 0. The standard InChI is InChI=1S/C21H20FN3O2/c1-12-6-9-17-24-15(11-18(26)25(17)20(12)21(27)23-2)10-14-4-3-5-16(19(14)22)13-7-8-13/h3-6,9,11,13H,7-8,10H2,1-2H3,(H,23,27). The largest absolute Gasteiger partial charge is 0.354 e. The van der Waals surface area contributed by atoms with Crippen molar-refractivity contribution in [1.29, 1.82) is 0 Å². The predicted octanol–water partition coefficient (Wildman–Crippen LogP) is 2.97. The van der Waals surface area contributed by atoms with E-state index in [-0.39, 0.29) is 29.4 Å². The van der Waals surface area contributed by atoms with Gasteiger partial charge in [-0.15, -0.1) is 0 Å². The Bertz CT molecular complexity index is 1120. The van der Waals surface area contributed by atoms with Crippen LogP contribution in [0.1, 0.15) is 51.6 Å². The molecular weight excluding hydrogens is 345 g/mol. The molecule has 5 nitrogen and oxygen atoms in total. The van der Waals surface area contributed by atoms with Crippen molar-refractivity contribution in [3.8, 4) is 0 Å². The molecule has 0 spiro atoms. The lowest BCUT2D eigenvalue weighted by molar-refractivity contribution is 0.0955. The normalized spacial score (nSPS) is 13.7. The summed E-state index contributed by atoms with van der Waals surface area (Å²) in [6.07, 6.45) is 2.29. The van der Waals surface area contributed by atoms with E-state index in [2.05, 4.69) is 10.3 Å². The molecule has 1 fully saturated rings. The number of nitrogens with one attached hydrogen (secondary N) is 1. The van der Waals surface area contributed by atoms with E-state index in [1.165, 1.54) is 17.5 Å². The molecular formula is C21H20FN3O2. The van der Waals surface area contributed by atoms with E-state index in [0.717, 1.165) is 18.4 Å². The zero-order valence-corrected chi connectivity index (χ0v) is 15.3. The smallest absolute Gasteiger partial charge is 0.268 e. The predicted molar refractivity (Wildman–Crippen MR) is 101 cm³/mol. The Morgan fingerprint density at radius 1 is 1.30 bits per heavy atom. The van der Waals surface area contributed by atoms with E-state index in [4.69, 9.17) is 0 Å². The van der Waals surface area contributed by atoms with Crippen LogP contribution in [-0.2, 0) is 6.42 Å². The fourth-order valence-electron chi connectivity index (χ4n) is 3.47. The summed E-state index contributed by atoms with van der Waals surface area (Å²) in [6, 6.07) is 10.2. The fourth-order valence-corrected chi connectivity index (χ4v) is 3.47. The summed E-state index contributed by atoms with van der Waals surface area (Å²) in [5.74, 6) is -0.229. The molecule has 0 unspecified atom stereocenters. The first-order valence-electron chi connectivity index (χ1n) is 9.01. The minimum absolute atomic E-state index is 0.197. The molecule has 1 saturated carbocycles. The summed E-state index contributed by atoms with van der Waals surface area (Å²) in [5.41, 5.74) is 2.74. The fraction of sp³-hybridized carbons (Fsp3) is 0.286. The number of fused-ring (bicyclic) bond motifs is 1. The van der Waals surface area contributed by atoms with Gasteiger partial charge in [0.1, 0.15) is 17.2 Å². The maximum absolute atomic E-state index is 14.8. The molecule has 0 bridgehead atoms. The van der Waals surface area contributed by atoms with Crippen LogP contribution in [0, 0.1) is 12.7 Å². The van der Waals surface area contributed by atoms with Gasteiger partial charge in [-0.1, -0.05) is 24.3 Å². The number of aryl methyl sites for hydroxylation is 1. The Labute approximate surface area is 155 Å². The third kappa shape index (κ3) is 3.12. The van der Waals surface area contributed by atoms with Gasteiger partial charge < -0.3 is 5.32 Å². The molecule has 138 valence electrons. The maximum atomic E-state index is 14.8. The zero-order valence-electron chi connectivity index (χ0n) is 15.3. The van der Waals surface area contributed by atoms with E-state index in [0.29, 0.717) is 28.4 Å². The quantitative estimate of drug-likeness (QED) is 0.773. The van der Waals surface area contributed by atoms with Gasteiger partial charge in [0.15, 0.2) is 0 Å². The lowest BCUT2D eigenvalue weighted by Crippen LogP contribution is -2.28. The minimum atomic E-state index is -0.351.